The van der Waals surface area contributed by atoms with Crippen LogP contribution in [0.4, 0.5) is 8.78 Å². The topological polar surface area (TPSA) is 41.6 Å². The van der Waals surface area contributed by atoms with Crippen molar-refractivity contribution < 1.29 is 8.78 Å². The number of benzene rings is 2. The van der Waals surface area contributed by atoms with E-state index >= 15 is 0 Å². The molecule has 0 amide bonds. The molecule has 2 aromatic carbocycles. The van der Waals surface area contributed by atoms with Crippen LogP contribution in [0.3, 0.4) is 0 Å². The van der Waals surface area contributed by atoms with Gasteiger partial charge in [0.2, 0.25) is 5.16 Å². The second-order valence-corrected chi connectivity index (χ2v) is 6.07. The van der Waals surface area contributed by atoms with Crippen LogP contribution in [0, 0.1) is 11.6 Å². The van der Waals surface area contributed by atoms with E-state index in [0.29, 0.717) is 16.5 Å². The van der Waals surface area contributed by atoms with Crippen LogP contribution in [0.15, 0.2) is 53.7 Å². The van der Waals surface area contributed by atoms with Crippen molar-refractivity contribution in [3.05, 3.63) is 65.7 Å². The lowest BCUT2D eigenvalue weighted by Gasteiger charge is -2.08. The first-order valence-corrected chi connectivity index (χ1v) is 7.61. The highest BCUT2D eigenvalue weighted by Gasteiger charge is 2.14. The maximum atomic E-state index is 13.7. The third kappa shape index (κ3) is 3.17. The average Bonchev–Trinajstić information content (AvgIpc) is 2.96. The number of hydrogen-bond acceptors (Lipinski definition) is 3. The van der Waals surface area contributed by atoms with Crippen molar-refractivity contribution >= 4 is 11.8 Å². The zero-order chi connectivity index (χ0) is 15.5. The summed E-state index contributed by atoms with van der Waals surface area (Å²) in [5.74, 6) is -0.214. The van der Waals surface area contributed by atoms with Crippen LogP contribution in [-0.2, 0) is 0 Å². The standard InChI is InChI=1S/C16H13F2N3S/c1-10(11-6-8-12(17)9-7-11)22-16-19-15(20-21-16)13-4-2-3-5-14(13)18/h2-10H,1H3,(H,19,20,21). The van der Waals surface area contributed by atoms with Gasteiger partial charge in [0, 0.05) is 5.25 Å². The van der Waals surface area contributed by atoms with Gasteiger partial charge in [-0.1, -0.05) is 36.0 Å². The highest BCUT2D eigenvalue weighted by atomic mass is 32.2. The van der Waals surface area contributed by atoms with Gasteiger partial charge in [-0.15, -0.1) is 5.10 Å². The fourth-order valence-electron chi connectivity index (χ4n) is 2.03. The Hall–Kier alpha value is -2.21. The molecule has 1 aromatic heterocycles. The minimum atomic E-state index is -0.346. The van der Waals surface area contributed by atoms with Crippen molar-refractivity contribution in [2.75, 3.05) is 0 Å². The molecule has 0 radical (unpaired) electrons. The largest absolute Gasteiger partial charge is 0.258 e. The number of nitrogens with one attached hydrogen (secondary N) is 1. The Bertz CT molecular complexity index is 771. The fraction of sp³-hybridized carbons (Fsp3) is 0.125. The van der Waals surface area contributed by atoms with E-state index in [4.69, 9.17) is 0 Å². The van der Waals surface area contributed by atoms with E-state index < -0.39 is 0 Å². The first-order chi connectivity index (χ1) is 10.6. The number of thioether (sulfide) groups is 1. The van der Waals surface area contributed by atoms with Gasteiger partial charge >= 0.3 is 0 Å². The van der Waals surface area contributed by atoms with Gasteiger partial charge in [0.25, 0.3) is 0 Å². The Morgan fingerprint density at radius 3 is 2.50 bits per heavy atom. The van der Waals surface area contributed by atoms with Gasteiger partial charge in [-0.3, -0.25) is 5.10 Å². The zero-order valence-corrected chi connectivity index (χ0v) is 12.6. The molecule has 22 heavy (non-hydrogen) atoms. The Morgan fingerprint density at radius 2 is 1.77 bits per heavy atom. The summed E-state index contributed by atoms with van der Waals surface area (Å²) in [7, 11) is 0. The molecule has 0 aliphatic carbocycles. The molecule has 1 atom stereocenters. The van der Waals surface area contributed by atoms with Crippen LogP contribution in [0.2, 0.25) is 0 Å². The highest BCUT2D eigenvalue weighted by molar-refractivity contribution is 7.99. The van der Waals surface area contributed by atoms with Crippen LogP contribution in [-0.4, -0.2) is 15.2 Å². The molecule has 0 aliphatic rings. The van der Waals surface area contributed by atoms with E-state index in [9.17, 15) is 8.78 Å². The van der Waals surface area contributed by atoms with Crippen molar-refractivity contribution in [2.24, 2.45) is 0 Å². The van der Waals surface area contributed by atoms with E-state index in [0.717, 1.165) is 5.56 Å². The van der Waals surface area contributed by atoms with Gasteiger partial charge in [-0.25, -0.2) is 13.8 Å². The second kappa shape index (κ2) is 6.27. The maximum Gasteiger partial charge on any atom is 0.209 e. The zero-order valence-electron chi connectivity index (χ0n) is 11.8. The van der Waals surface area contributed by atoms with E-state index in [1.807, 2.05) is 6.92 Å². The van der Waals surface area contributed by atoms with E-state index in [-0.39, 0.29) is 16.9 Å². The second-order valence-electron chi connectivity index (χ2n) is 4.76. The molecule has 1 heterocycles. The van der Waals surface area contributed by atoms with Gasteiger partial charge in [-0.05, 0) is 36.8 Å². The van der Waals surface area contributed by atoms with Crippen molar-refractivity contribution in [3.63, 3.8) is 0 Å². The highest BCUT2D eigenvalue weighted by Crippen LogP contribution is 2.33. The van der Waals surface area contributed by atoms with E-state index in [1.165, 1.54) is 30.0 Å². The smallest absolute Gasteiger partial charge is 0.209 e. The van der Waals surface area contributed by atoms with Gasteiger partial charge in [0.1, 0.15) is 11.6 Å². The summed E-state index contributed by atoms with van der Waals surface area (Å²) in [5, 5.41) is 7.43. The Labute approximate surface area is 130 Å². The number of nitrogens with zero attached hydrogens (tertiary/aromatic N) is 2. The van der Waals surface area contributed by atoms with Crippen LogP contribution >= 0.6 is 11.8 Å². The lowest BCUT2D eigenvalue weighted by molar-refractivity contribution is 0.627. The predicted molar refractivity (Wildman–Crippen MR) is 82.4 cm³/mol. The average molecular weight is 317 g/mol. The molecule has 0 spiro atoms. The third-order valence-corrected chi connectivity index (χ3v) is 4.23. The summed E-state index contributed by atoms with van der Waals surface area (Å²) in [6, 6.07) is 12.7. The number of H-pyrrole nitrogens is 1. The molecular weight excluding hydrogens is 304 g/mol. The molecule has 1 unspecified atom stereocenters. The Balaban J connectivity index is 1.77. The minimum absolute atomic E-state index is 0.0601. The Kier molecular flexibility index (Phi) is 4.20. The predicted octanol–water partition coefficient (Wildman–Crippen LogP) is 4.60. The maximum absolute atomic E-state index is 13.7. The van der Waals surface area contributed by atoms with E-state index in [1.54, 1.807) is 30.3 Å². The summed E-state index contributed by atoms with van der Waals surface area (Å²) in [5.41, 5.74) is 1.36. The first kappa shape index (κ1) is 14.7. The van der Waals surface area contributed by atoms with Crippen molar-refractivity contribution in [2.45, 2.75) is 17.3 Å². The van der Waals surface area contributed by atoms with Gasteiger partial charge in [-0.2, -0.15) is 0 Å². The van der Waals surface area contributed by atoms with Crippen molar-refractivity contribution in [3.8, 4) is 11.4 Å². The van der Waals surface area contributed by atoms with Crippen molar-refractivity contribution in [1.29, 1.82) is 0 Å². The van der Waals surface area contributed by atoms with Crippen LogP contribution in [0.25, 0.3) is 11.4 Å². The lowest BCUT2D eigenvalue weighted by atomic mass is 10.2. The summed E-state index contributed by atoms with van der Waals surface area (Å²) < 4.78 is 26.7. The summed E-state index contributed by atoms with van der Waals surface area (Å²) in [6.45, 7) is 1.98. The number of hydrogen-bond donors (Lipinski definition) is 1. The van der Waals surface area contributed by atoms with Crippen molar-refractivity contribution in [1.82, 2.24) is 15.2 Å². The molecule has 3 aromatic rings. The van der Waals surface area contributed by atoms with Crippen LogP contribution in [0.5, 0.6) is 0 Å². The van der Waals surface area contributed by atoms with Crippen LogP contribution < -0.4 is 0 Å². The summed E-state index contributed by atoms with van der Waals surface area (Å²) in [6.07, 6.45) is 0. The summed E-state index contributed by atoms with van der Waals surface area (Å²) in [4.78, 5) is 4.31. The monoisotopic (exact) mass is 317 g/mol. The minimum Gasteiger partial charge on any atom is -0.258 e. The quantitative estimate of drug-likeness (QED) is 0.715. The molecule has 112 valence electrons. The molecule has 0 aliphatic heterocycles. The normalized spacial score (nSPS) is 12.3. The molecule has 0 saturated carbocycles. The number of halogens is 2. The first-order valence-electron chi connectivity index (χ1n) is 6.73. The molecule has 6 heteroatoms. The number of rotatable bonds is 4. The lowest BCUT2D eigenvalue weighted by Crippen LogP contribution is -1.90. The van der Waals surface area contributed by atoms with Gasteiger partial charge < -0.3 is 0 Å². The number of aromatic nitrogens is 3. The molecule has 1 N–H and O–H groups in total. The molecule has 0 fully saturated rings. The molecule has 3 rings (SSSR count). The van der Waals surface area contributed by atoms with Gasteiger partial charge in [0.05, 0.1) is 5.56 Å². The fourth-order valence-corrected chi connectivity index (χ4v) is 2.88. The van der Waals surface area contributed by atoms with Gasteiger partial charge in [0.15, 0.2) is 5.82 Å². The summed E-state index contributed by atoms with van der Waals surface area (Å²) >= 11 is 1.43. The molecule has 3 nitrogen and oxygen atoms in total. The van der Waals surface area contributed by atoms with Crippen LogP contribution in [0.1, 0.15) is 17.7 Å². The third-order valence-electron chi connectivity index (χ3n) is 3.22. The van der Waals surface area contributed by atoms with E-state index in [2.05, 4.69) is 15.2 Å². The molecule has 0 saturated heterocycles. The SMILES string of the molecule is CC(Sc1n[nH]c(-c2ccccc2F)n1)c1ccc(F)cc1. The molecular formula is C16H13F2N3S. The number of aromatic amines is 1. The molecule has 0 bridgehead atoms. The Morgan fingerprint density at radius 1 is 1.05 bits per heavy atom.